The highest BCUT2D eigenvalue weighted by Crippen LogP contribution is 2.27. The van der Waals surface area contributed by atoms with Crippen LogP contribution in [-0.4, -0.2) is 32.7 Å². The fraction of sp³-hybridized carbons (Fsp3) is 0.500. The van der Waals surface area contributed by atoms with E-state index in [4.69, 9.17) is 26.8 Å². The van der Waals surface area contributed by atoms with Gasteiger partial charge in [-0.3, -0.25) is 0 Å². The Morgan fingerprint density at radius 3 is 2.82 bits per heavy atom. The van der Waals surface area contributed by atoms with Crippen molar-refractivity contribution in [3.05, 3.63) is 23.2 Å². The van der Waals surface area contributed by atoms with Gasteiger partial charge in [0.2, 0.25) is 0 Å². The maximum absolute atomic E-state index is 5.85. The Kier molecular flexibility index (Phi) is 7.44. The lowest BCUT2D eigenvalue weighted by Crippen LogP contribution is -2.03. The standard InChI is InChI=1S/C12H18ClNO2S/c1-15-6-7-16-5-2-8-17-12-4-3-10(13)9-11(12)14/h3-4,9H,2,5-8,14H2,1H3. The van der Waals surface area contributed by atoms with Crippen LogP contribution in [0.5, 0.6) is 0 Å². The van der Waals surface area contributed by atoms with E-state index in [1.54, 1.807) is 24.9 Å². The van der Waals surface area contributed by atoms with Crippen molar-refractivity contribution in [2.75, 3.05) is 38.4 Å². The maximum atomic E-state index is 5.85. The highest BCUT2D eigenvalue weighted by atomic mass is 35.5. The number of hydrogen-bond donors (Lipinski definition) is 1. The lowest BCUT2D eigenvalue weighted by molar-refractivity contribution is 0.0713. The van der Waals surface area contributed by atoms with E-state index >= 15 is 0 Å². The van der Waals surface area contributed by atoms with E-state index in [1.165, 1.54) is 0 Å². The molecule has 1 aromatic carbocycles. The molecule has 0 bridgehead atoms. The van der Waals surface area contributed by atoms with Gasteiger partial charge in [-0.1, -0.05) is 11.6 Å². The summed E-state index contributed by atoms with van der Waals surface area (Å²) in [5, 5.41) is 0.676. The summed E-state index contributed by atoms with van der Waals surface area (Å²) in [7, 11) is 1.67. The fourth-order valence-electron chi connectivity index (χ4n) is 1.24. The van der Waals surface area contributed by atoms with Crippen LogP contribution in [0.25, 0.3) is 0 Å². The zero-order valence-corrected chi connectivity index (χ0v) is 11.5. The van der Waals surface area contributed by atoms with Gasteiger partial charge < -0.3 is 15.2 Å². The number of rotatable bonds is 8. The SMILES string of the molecule is COCCOCCCSc1ccc(Cl)cc1N. The minimum Gasteiger partial charge on any atom is -0.398 e. The first kappa shape index (κ1) is 14.6. The topological polar surface area (TPSA) is 44.5 Å². The minimum absolute atomic E-state index is 0.650. The van der Waals surface area contributed by atoms with E-state index in [9.17, 15) is 0 Å². The molecule has 1 rings (SSSR count). The van der Waals surface area contributed by atoms with Crippen molar-refractivity contribution in [2.24, 2.45) is 0 Å². The molecule has 1 aromatic rings. The first-order valence-electron chi connectivity index (χ1n) is 5.48. The van der Waals surface area contributed by atoms with Gasteiger partial charge in [0.15, 0.2) is 0 Å². The Bertz CT molecular complexity index is 336. The van der Waals surface area contributed by atoms with Gasteiger partial charge in [-0.05, 0) is 24.6 Å². The third-order valence-corrected chi connectivity index (χ3v) is 3.50. The molecule has 3 nitrogen and oxygen atoms in total. The number of hydrogen-bond acceptors (Lipinski definition) is 4. The summed E-state index contributed by atoms with van der Waals surface area (Å²) in [5.41, 5.74) is 6.59. The Hall–Kier alpha value is -0.420. The summed E-state index contributed by atoms with van der Waals surface area (Å²) < 4.78 is 10.3. The number of nitrogens with two attached hydrogens (primary N) is 1. The molecular weight excluding hydrogens is 258 g/mol. The Balaban J connectivity index is 2.14. The average molecular weight is 276 g/mol. The predicted molar refractivity (Wildman–Crippen MR) is 73.9 cm³/mol. The van der Waals surface area contributed by atoms with Crippen molar-refractivity contribution in [3.63, 3.8) is 0 Å². The summed E-state index contributed by atoms with van der Waals surface area (Å²) in [6, 6.07) is 5.59. The van der Waals surface area contributed by atoms with Gasteiger partial charge >= 0.3 is 0 Å². The second kappa shape index (κ2) is 8.64. The Morgan fingerprint density at radius 2 is 2.12 bits per heavy atom. The molecule has 0 saturated carbocycles. The molecule has 0 atom stereocenters. The quantitative estimate of drug-likeness (QED) is 0.450. The molecule has 0 aliphatic carbocycles. The number of halogens is 1. The molecule has 0 fully saturated rings. The second-order valence-corrected chi connectivity index (χ2v) is 5.06. The molecule has 2 N–H and O–H groups in total. The molecule has 0 radical (unpaired) electrons. The van der Waals surface area contributed by atoms with E-state index in [0.717, 1.165) is 29.4 Å². The summed E-state index contributed by atoms with van der Waals surface area (Å²) in [5.74, 6) is 0.985. The van der Waals surface area contributed by atoms with Gasteiger partial charge in [0.1, 0.15) is 0 Å². The van der Waals surface area contributed by atoms with E-state index in [1.807, 2.05) is 12.1 Å². The predicted octanol–water partition coefficient (Wildman–Crippen LogP) is 3.07. The molecule has 96 valence electrons. The summed E-state index contributed by atoms with van der Waals surface area (Å²) in [6.45, 7) is 2.06. The van der Waals surface area contributed by atoms with Gasteiger partial charge in [0.05, 0.1) is 13.2 Å². The van der Waals surface area contributed by atoms with Crippen LogP contribution in [0.1, 0.15) is 6.42 Å². The molecule has 5 heteroatoms. The second-order valence-electron chi connectivity index (χ2n) is 3.49. The molecule has 0 saturated heterocycles. The highest BCUT2D eigenvalue weighted by molar-refractivity contribution is 7.99. The van der Waals surface area contributed by atoms with Crippen LogP contribution < -0.4 is 5.73 Å². The van der Waals surface area contributed by atoms with Gasteiger partial charge in [0, 0.05) is 35.1 Å². The van der Waals surface area contributed by atoms with Crippen LogP contribution in [0.2, 0.25) is 5.02 Å². The van der Waals surface area contributed by atoms with Crippen LogP contribution >= 0.6 is 23.4 Å². The largest absolute Gasteiger partial charge is 0.398 e. The minimum atomic E-state index is 0.650. The van der Waals surface area contributed by atoms with E-state index in [2.05, 4.69) is 0 Å². The van der Waals surface area contributed by atoms with E-state index < -0.39 is 0 Å². The molecule has 0 spiro atoms. The molecule has 0 aliphatic rings. The summed E-state index contributed by atoms with van der Waals surface area (Å²) >= 11 is 7.55. The zero-order valence-electron chi connectivity index (χ0n) is 9.95. The van der Waals surface area contributed by atoms with Crippen LogP contribution in [0.4, 0.5) is 5.69 Å². The average Bonchev–Trinajstić information content (AvgIpc) is 2.30. The van der Waals surface area contributed by atoms with Gasteiger partial charge in [-0.15, -0.1) is 11.8 Å². The van der Waals surface area contributed by atoms with Crippen molar-refractivity contribution >= 4 is 29.1 Å². The lowest BCUT2D eigenvalue weighted by atomic mass is 10.3. The molecule has 0 aliphatic heterocycles. The van der Waals surface area contributed by atoms with Crippen molar-refractivity contribution in [2.45, 2.75) is 11.3 Å². The molecule has 0 heterocycles. The number of thioether (sulfide) groups is 1. The van der Waals surface area contributed by atoms with Gasteiger partial charge in [0.25, 0.3) is 0 Å². The number of ether oxygens (including phenoxy) is 2. The van der Waals surface area contributed by atoms with Crippen molar-refractivity contribution in [1.29, 1.82) is 0 Å². The first-order chi connectivity index (χ1) is 8.24. The third kappa shape index (κ3) is 6.17. The van der Waals surface area contributed by atoms with E-state index in [0.29, 0.717) is 18.2 Å². The van der Waals surface area contributed by atoms with Crippen LogP contribution in [0, 0.1) is 0 Å². The molecular formula is C12H18ClNO2S. The molecule has 0 amide bonds. The van der Waals surface area contributed by atoms with Crippen molar-refractivity contribution < 1.29 is 9.47 Å². The highest BCUT2D eigenvalue weighted by Gasteiger charge is 2.00. The fourth-order valence-corrected chi connectivity index (χ4v) is 2.29. The van der Waals surface area contributed by atoms with Crippen molar-refractivity contribution in [3.8, 4) is 0 Å². The molecule has 0 unspecified atom stereocenters. The van der Waals surface area contributed by atoms with Gasteiger partial charge in [-0.2, -0.15) is 0 Å². The van der Waals surface area contributed by atoms with Crippen LogP contribution in [0.15, 0.2) is 23.1 Å². The number of benzene rings is 1. The van der Waals surface area contributed by atoms with Crippen LogP contribution in [0.3, 0.4) is 0 Å². The monoisotopic (exact) mass is 275 g/mol. The summed E-state index contributed by atoms with van der Waals surface area (Å²) in [4.78, 5) is 1.08. The van der Waals surface area contributed by atoms with Crippen LogP contribution in [-0.2, 0) is 9.47 Å². The smallest absolute Gasteiger partial charge is 0.0700 e. The zero-order chi connectivity index (χ0) is 12.5. The third-order valence-electron chi connectivity index (χ3n) is 2.09. The van der Waals surface area contributed by atoms with E-state index in [-0.39, 0.29) is 0 Å². The van der Waals surface area contributed by atoms with Gasteiger partial charge in [-0.25, -0.2) is 0 Å². The molecule has 0 aromatic heterocycles. The number of methoxy groups -OCH3 is 1. The number of anilines is 1. The first-order valence-corrected chi connectivity index (χ1v) is 6.85. The normalized spacial score (nSPS) is 10.7. The summed E-state index contributed by atoms with van der Waals surface area (Å²) in [6.07, 6.45) is 0.996. The Morgan fingerprint density at radius 1 is 1.29 bits per heavy atom. The number of nitrogen functional groups attached to an aromatic ring is 1. The lowest BCUT2D eigenvalue weighted by Gasteiger charge is -2.06. The molecule has 17 heavy (non-hydrogen) atoms. The Labute approximate surface area is 112 Å². The maximum Gasteiger partial charge on any atom is 0.0700 e. The van der Waals surface area contributed by atoms with Crippen molar-refractivity contribution in [1.82, 2.24) is 0 Å².